The van der Waals surface area contributed by atoms with Gasteiger partial charge in [-0.05, 0) is 56.3 Å². The quantitative estimate of drug-likeness (QED) is 0.417. The lowest BCUT2D eigenvalue weighted by Crippen LogP contribution is -2.28. The smallest absolute Gasteiger partial charge is 0.152 e. The summed E-state index contributed by atoms with van der Waals surface area (Å²) < 4.78 is 2.36. The molecule has 1 aromatic heterocycles. The van der Waals surface area contributed by atoms with E-state index in [0.717, 1.165) is 37.4 Å². The SMILES string of the molecule is CCCCn1c(-c2ccccc2C)nc(Cl)c1CN(C)C1CCCc2ccccc21. The summed E-state index contributed by atoms with van der Waals surface area (Å²) in [5.41, 5.74) is 6.51. The topological polar surface area (TPSA) is 21.1 Å². The first-order chi connectivity index (χ1) is 14.6. The lowest BCUT2D eigenvalue weighted by atomic mass is 9.87. The van der Waals surface area contributed by atoms with Gasteiger partial charge in [-0.1, -0.05) is 73.5 Å². The Morgan fingerprint density at radius 1 is 1.13 bits per heavy atom. The normalized spacial score (nSPS) is 16.1. The lowest BCUT2D eigenvalue weighted by molar-refractivity contribution is 0.208. The van der Waals surface area contributed by atoms with E-state index in [1.165, 1.54) is 41.5 Å². The number of rotatable bonds is 7. The third kappa shape index (κ3) is 4.19. The highest BCUT2D eigenvalue weighted by Crippen LogP contribution is 2.36. The predicted octanol–water partition coefficient (Wildman–Crippen LogP) is 6.82. The Morgan fingerprint density at radius 3 is 2.70 bits per heavy atom. The maximum Gasteiger partial charge on any atom is 0.152 e. The summed E-state index contributed by atoms with van der Waals surface area (Å²) in [4.78, 5) is 7.30. The van der Waals surface area contributed by atoms with Crippen LogP contribution >= 0.6 is 11.6 Å². The van der Waals surface area contributed by atoms with Gasteiger partial charge in [-0.25, -0.2) is 4.98 Å². The second-order valence-corrected chi connectivity index (χ2v) is 8.87. The molecule has 4 rings (SSSR count). The van der Waals surface area contributed by atoms with Crippen molar-refractivity contribution >= 4 is 11.6 Å². The standard InChI is InChI=1S/C26H32ClN3/c1-4-5-17-30-24(25(27)28-26(30)21-14-8-6-11-19(21)2)18-29(3)23-16-10-13-20-12-7-9-15-22(20)23/h6-9,11-12,14-15,23H,4-5,10,13,16-18H2,1-3H3. The highest BCUT2D eigenvalue weighted by Gasteiger charge is 2.26. The van der Waals surface area contributed by atoms with E-state index < -0.39 is 0 Å². The van der Waals surface area contributed by atoms with Gasteiger partial charge in [0, 0.05) is 24.7 Å². The van der Waals surface area contributed by atoms with Gasteiger partial charge in [-0.2, -0.15) is 0 Å². The van der Waals surface area contributed by atoms with Crippen LogP contribution in [0.2, 0.25) is 5.15 Å². The summed E-state index contributed by atoms with van der Waals surface area (Å²) in [6.45, 7) is 6.13. The molecular weight excluding hydrogens is 390 g/mol. The molecule has 0 saturated heterocycles. The first kappa shape index (κ1) is 21.1. The van der Waals surface area contributed by atoms with E-state index in [4.69, 9.17) is 16.6 Å². The molecule has 30 heavy (non-hydrogen) atoms. The van der Waals surface area contributed by atoms with E-state index in [-0.39, 0.29) is 0 Å². The molecule has 3 aromatic rings. The molecule has 1 unspecified atom stereocenters. The molecule has 0 N–H and O–H groups in total. The first-order valence-corrected chi connectivity index (χ1v) is 11.6. The van der Waals surface area contributed by atoms with Crippen molar-refractivity contribution < 1.29 is 0 Å². The van der Waals surface area contributed by atoms with Gasteiger partial charge in [0.15, 0.2) is 5.15 Å². The van der Waals surface area contributed by atoms with Crippen molar-refractivity contribution in [2.45, 2.75) is 65.1 Å². The largest absolute Gasteiger partial charge is 0.325 e. The number of nitrogens with zero attached hydrogens (tertiary/aromatic N) is 3. The number of imidazole rings is 1. The monoisotopic (exact) mass is 421 g/mol. The van der Waals surface area contributed by atoms with E-state index in [9.17, 15) is 0 Å². The van der Waals surface area contributed by atoms with Crippen molar-refractivity contribution in [3.05, 3.63) is 76.1 Å². The Bertz CT molecular complexity index is 1010. The fraction of sp³-hybridized carbons (Fsp3) is 0.423. The molecule has 3 nitrogen and oxygen atoms in total. The summed E-state index contributed by atoms with van der Waals surface area (Å²) in [5.74, 6) is 0.999. The van der Waals surface area contributed by atoms with Crippen LogP contribution < -0.4 is 0 Å². The summed E-state index contributed by atoms with van der Waals surface area (Å²) in [6.07, 6.45) is 5.89. The molecule has 1 atom stereocenters. The van der Waals surface area contributed by atoms with Gasteiger partial charge < -0.3 is 4.57 Å². The summed E-state index contributed by atoms with van der Waals surface area (Å²) >= 11 is 6.76. The average molecular weight is 422 g/mol. The molecule has 4 heteroatoms. The van der Waals surface area contributed by atoms with Crippen LogP contribution in [0.1, 0.15) is 61.0 Å². The van der Waals surface area contributed by atoms with E-state index in [2.05, 4.69) is 78.9 Å². The fourth-order valence-electron chi connectivity index (χ4n) is 4.73. The van der Waals surface area contributed by atoms with Crippen molar-refractivity contribution in [3.63, 3.8) is 0 Å². The minimum absolute atomic E-state index is 0.433. The number of benzene rings is 2. The zero-order valence-electron chi connectivity index (χ0n) is 18.4. The van der Waals surface area contributed by atoms with Gasteiger partial charge in [-0.15, -0.1) is 0 Å². The maximum atomic E-state index is 6.76. The summed E-state index contributed by atoms with van der Waals surface area (Å²) in [5, 5.41) is 0.639. The van der Waals surface area contributed by atoms with Crippen LogP contribution in [-0.2, 0) is 19.5 Å². The third-order valence-electron chi connectivity index (χ3n) is 6.41. The molecule has 0 bridgehead atoms. The minimum Gasteiger partial charge on any atom is -0.325 e. The van der Waals surface area contributed by atoms with E-state index in [1.807, 2.05) is 0 Å². The highest BCUT2D eigenvalue weighted by atomic mass is 35.5. The number of aromatic nitrogens is 2. The number of halogens is 1. The van der Waals surface area contributed by atoms with Crippen LogP contribution in [0.15, 0.2) is 48.5 Å². The molecule has 158 valence electrons. The van der Waals surface area contributed by atoms with Crippen LogP contribution in [0.5, 0.6) is 0 Å². The van der Waals surface area contributed by atoms with Crippen LogP contribution in [0, 0.1) is 6.92 Å². The fourth-order valence-corrected chi connectivity index (χ4v) is 4.97. The van der Waals surface area contributed by atoms with Crippen LogP contribution in [0.4, 0.5) is 0 Å². The Morgan fingerprint density at radius 2 is 1.90 bits per heavy atom. The Labute approximate surface area is 185 Å². The molecule has 1 heterocycles. The number of hydrogen-bond donors (Lipinski definition) is 0. The molecule has 1 aliphatic rings. The minimum atomic E-state index is 0.433. The van der Waals surface area contributed by atoms with Crippen molar-refractivity contribution in [2.75, 3.05) is 7.05 Å². The maximum absolute atomic E-state index is 6.76. The van der Waals surface area contributed by atoms with Gasteiger partial charge in [0.05, 0.1) is 5.69 Å². The second kappa shape index (κ2) is 9.36. The average Bonchev–Trinajstić information content (AvgIpc) is 3.07. The molecule has 0 saturated carbocycles. The number of fused-ring (bicyclic) bond motifs is 1. The highest BCUT2D eigenvalue weighted by molar-refractivity contribution is 6.30. The molecule has 0 spiro atoms. The molecule has 0 radical (unpaired) electrons. The first-order valence-electron chi connectivity index (χ1n) is 11.2. The van der Waals surface area contributed by atoms with E-state index >= 15 is 0 Å². The number of unbranched alkanes of at least 4 members (excludes halogenated alkanes) is 1. The molecule has 0 fully saturated rings. The van der Waals surface area contributed by atoms with Crippen LogP contribution in [0.25, 0.3) is 11.4 Å². The number of aryl methyl sites for hydroxylation is 2. The van der Waals surface area contributed by atoms with Gasteiger partial charge in [-0.3, -0.25) is 4.90 Å². The van der Waals surface area contributed by atoms with E-state index in [0.29, 0.717) is 11.2 Å². The van der Waals surface area contributed by atoms with Crippen LogP contribution in [-0.4, -0.2) is 21.5 Å². The van der Waals surface area contributed by atoms with Gasteiger partial charge >= 0.3 is 0 Å². The molecule has 2 aromatic carbocycles. The Hall–Kier alpha value is -2.10. The molecule has 0 amide bonds. The van der Waals surface area contributed by atoms with E-state index in [1.54, 1.807) is 0 Å². The molecular formula is C26H32ClN3. The van der Waals surface area contributed by atoms with Crippen molar-refractivity contribution in [3.8, 4) is 11.4 Å². The predicted molar refractivity (Wildman–Crippen MR) is 126 cm³/mol. The zero-order chi connectivity index (χ0) is 21.1. The Kier molecular flexibility index (Phi) is 6.60. The third-order valence-corrected chi connectivity index (χ3v) is 6.72. The van der Waals surface area contributed by atoms with Crippen LogP contribution in [0.3, 0.4) is 0 Å². The van der Waals surface area contributed by atoms with Crippen molar-refractivity contribution in [1.82, 2.24) is 14.5 Å². The van der Waals surface area contributed by atoms with Crippen molar-refractivity contribution in [1.29, 1.82) is 0 Å². The second-order valence-electron chi connectivity index (χ2n) is 8.51. The zero-order valence-corrected chi connectivity index (χ0v) is 19.1. The number of hydrogen-bond acceptors (Lipinski definition) is 2. The lowest BCUT2D eigenvalue weighted by Gasteiger charge is -2.33. The van der Waals surface area contributed by atoms with Gasteiger partial charge in [0.2, 0.25) is 0 Å². The van der Waals surface area contributed by atoms with Crippen molar-refractivity contribution in [2.24, 2.45) is 0 Å². The van der Waals surface area contributed by atoms with Gasteiger partial charge in [0.25, 0.3) is 0 Å². The summed E-state index contributed by atoms with van der Waals surface area (Å²) in [6, 6.07) is 17.8. The Balaban J connectivity index is 1.68. The molecule has 0 aliphatic heterocycles. The molecule has 1 aliphatic carbocycles. The summed E-state index contributed by atoms with van der Waals surface area (Å²) in [7, 11) is 2.23. The van der Waals surface area contributed by atoms with Gasteiger partial charge in [0.1, 0.15) is 5.82 Å².